The first kappa shape index (κ1) is 13.9. The molecule has 96 valence electrons. The zero-order valence-electron chi connectivity index (χ0n) is 11.3. The lowest BCUT2D eigenvalue weighted by Gasteiger charge is -2.34. The third-order valence-corrected chi connectivity index (χ3v) is 3.11. The molecule has 0 unspecified atom stereocenters. The van der Waals surface area contributed by atoms with Crippen molar-refractivity contribution in [3.8, 4) is 0 Å². The highest BCUT2D eigenvalue weighted by molar-refractivity contribution is 4.85. The van der Waals surface area contributed by atoms with Gasteiger partial charge in [0, 0.05) is 25.4 Å². The van der Waals surface area contributed by atoms with E-state index in [1.807, 2.05) is 0 Å². The molecule has 2 N–H and O–H groups in total. The molecule has 2 atom stereocenters. The first-order chi connectivity index (χ1) is 7.59. The maximum Gasteiger partial charge on any atom is 0.0477 e. The summed E-state index contributed by atoms with van der Waals surface area (Å²) < 4.78 is 0. The minimum Gasteiger partial charge on any atom is -0.300 e. The predicted molar refractivity (Wildman–Crippen MR) is 69.4 cm³/mol. The van der Waals surface area contributed by atoms with Gasteiger partial charge >= 0.3 is 0 Å². The van der Waals surface area contributed by atoms with Gasteiger partial charge in [0.05, 0.1) is 0 Å². The lowest BCUT2D eigenvalue weighted by Crippen LogP contribution is -2.53. The maximum absolute atomic E-state index is 3.64. The van der Waals surface area contributed by atoms with E-state index in [0.29, 0.717) is 12.1 Å². The van der Waals surface area contributed by atoms with Crippen LogP contribution in [0.1, 0.15) is 25.7 Å². The molecule has 4 heteroatoms. The number of nitrogens with one attached hydrogen (secondary N) is 2. The van der Waals surface area contributed by atoms with Crippen LogP contribution >= 0.6 is 0 Å². The van der Waals surface area contributed by atoms with Crippen molar-refractivity contribution in [3.63, 3.8) is 0 Å². The quantitative estimate of drug-likeness (QED) is 0.649. The van der Waals surface area contributed by atoms with Crippen molar-refractivity contribution in [2.24, 2.45) is 0 Å². The standard InChI is InChI=1S/C12H28N4/c1-15(2)9-13-11-7-5-6-8-12(11)14-10-16(3)4/h11-14H,5-10H2,1-4H3/t11-,12-/m1/s1. The van der Waals surface area contributed by atoms with Gasteiger partial charge in [-0.25, -0.2) is 0 Å². The Balaban J connectivity index is 2.31. The topological polar surface area (TPSA) is 30.5 Å². The fraction of sp³-hybridized carbons (Fsp3) is 1.00. The van der Waals surface area contributed by atoms with E-state index in [4.69, 9.17) is 0 Å². The van der Waals surface area contributed by atoms with Crippen LogP contribution in [0.4, 0.5) is 0 Å². The number of nitrogens with zero attached hydrogens (tertiary/aromatic N) is 2. The number of hydrogen-bond acceptors (Lipinski definition) is 4. The Morgan fingerprint density at radius 3 is 1.50 bits per heavy atom. The predicted octanol–water partition coefficient (Wildman–Crippen LogP) is 0.515. The highest BCUT2D eigenvalue weighted by Gasteiger charge is 2.24. The molecule has 0 aromatic heterocycles. The molecule has 0 aliphatic heterocycles. The van der Waals surface area contributed by atoms with Crippen molar-refractivity contribution in [1.29, 1.82) is 0 Å². The average molecular weight is 228 g/mol. The Morgan fingerprint density at radius 1 is 0.812 bits per heavy atom. The van der Waals surface area contributed by atoms with Gasteiger partial charge in [0.2, 0.25) is 0 Å². The van der Waals surface area contributed by atoms with Crippen molar-refractivity contribution in [3.05, 3.63) is 0 Å². The van der Waals surface area contributed by atoms with Gasteiger partial charge in [-0.05, 0) is 41.0 Å². The van der Waals surface area contributed by atoms with Gasteiger partial charge in [0.15, 0.2) is 0 Å². The second-order valence-electron chi connectivity index (χ2n) is 5.38. The Morgan fingerprint density at radius 2 is 1.19 bits per heavy atom. The third kappa shape index (κ3) is 5.25. The van der Waals surface area contributed by atoms with Gasteiger partial charge in [-0.1, -0.05) is 12.8 Å². The molecule has 1 aliphatic carbocycles. The molecule has 0 aromatic rings. The van der Waals surface area contributed by atoms with E-state index in [1.165, 1.54) is 25.7 Å². The summed E-state index contributed by atoms with van der Waals surface area (Å²) in [7, 11) is 8.44. The second kappa shape index (κ2) is 7.22. The normalized spacial score (nSPS) is 26.6. The molecule has 0 bridgehead atoms. The molecule has 1 aliphatic rings. The third-order valence-electron chi connectivity index (χ3n) is 3.11. The van der Waals surface area contributed by atoms with Gasteiger partial charge in [-0.3, -0.25) is 20.4 Å². The molecular weight excluding hydrogens is 200 g/mol. The van der Waals surface area contributed by atoms with Crippen molar-refractivity contribution < 1.29 is 0 Å². The van der Waals surface area contributed by atoms with Crippen LogP contribution in [0.25, 0.3) is 0 Å². The van der Waals surface area contributed by atoms with Gasteiger partial charge in [0.1, 0.15) is 0 Å². The SMILES string of the molecule is CN(C)CN[C@@H]1CCCC[C@H]1NCN(C)C. The first-order valence-corrected chi connectivity index (χ1v) is 6.36. The van der Waals surface area contributed by atoms with Crippen LogP contribution in [0, 0.1) is 0 Å². The summed E-state index contributed by atoms with van der Waals surface area (Å²) in [5.74, 6) is 0. The zero-order valence-corrected chi connectivity index (χ0v) is 11.3. The van der Waals surface area contributed by atoms with Gasteiger partial charge in [-0.2, -0.15) is 0 Å². The summed E-state index contributed by atoms with van der Waals surface area (Å²) in [6.07, 6.45) is 5.34. The smallest absolute Gasteiger partial charge is 0.0477 e. The minimum atomic E-state index is 0.635. The molecule has 16 heavy (non-hydrogen) atoms. The molecule has 1 saturated carbocycles. The van der Waals surface area contributed by atoms with Crippen molar-refractivity contribution in [2.75, 3.05) is 41.5 Å². The molecule has 4 nitrogen and oxygen atoms in total. The summed E-state index contributed by atoms with van der Waals surface area (Å²) in [4.78, 5) is 4.38. The Labute approximate surface area is 100 Å². The zero-order chi connectivity index (χ0) is 12.0. The van der Waals surface area contributed by atoms with Crippen molar-refractivity contribution in [2.45, 2.75) is 37.8 Å². The summed E-state index contributed by atoms with van der Waals surface area (Å²) in [5, 5.41) is 7.28. The van der Waals surface area contributed by atoms with E-state index in [1.54, 1.807) is 0 Å². The largest absolute Gasteiger partial charge is 0.300 e. The molecule has 0 heterocycles. The molecule has 1 fully saturated rings. The lowest BCUT2D eigenvalue weighted by atomic mass is 9.90. The first-order valence-electron chi connectivity index (χ1n) is 6.36. The summed E-state index contributed by atoms with van der Waals surface area (Å²) >= 11 is 0. The number of hydrogen-bond donors (Lipinski definition) is 2. The van der Waals surface area contributed by atoms with Crippen LogP contribution in [-0.2, 0) is 0 Å². The molecule has 0 aromatic carbocycles. The van der Waals surface area contributed by atoms with E-state index in [9.17, 15) is 0 Å². The van der Waals surface area contributed by atoms with Crippen molar-refractivity contribution in [1.82, 2.24) is 20.4 Å². The van der Waals surface area contributed by atoms with E-state index < -0.39 is 0 Å². The minimum absolute atomic E-state index is 0.635. The van der Waals surface area contributed by atoms with Crippen LogP contribution in [0.2, 0.25) is 0 Å². The average Bonchev–Trinajstić information content (AvgIpc) is 2.24. The fourth-order valence-corrected chi connectivity index (χ4v) is 2.22. The molecule has 0 amide bonds. The van der Waals surface area contributed by atoms with E-state index >= 15 is 0 Å². The van der Waals surface area contributed by atoms with Crippen LogP contribution < -0.4 is 10.6 Å². The molecule has 1 rings (SSSR count). The van der Waals surface area contributed by atoms with Gasteiger partial charge in [0.25, 0.3) is 0 Å². The summed E-state index contributed by atoms with van der Waals surface area (Å²) in [6, 6.07) is 1.27. The summed E-state index contributed by atoms with van der Waals surface area (Å²) in [5.41, 5.74) is 0. The van der Waals surface area contributed by atoms with Crippen LogP contribution in [0.15, 0.2) is 0 Å². The highest BCUT2D eigenvalue weighted by Crippen LogP contribution is 2.18. The number of rotatable bonds is 6. The molecular formula is C12H28N4. The van der Waals surface area contributed by atoms with Crippen LogP contribution in [0.5, 0.6) is 0 Å². The fourth-order valence-electron chi connectivity index (χ4n) is 2.22. The second-order valence-corrected chi connectivity index (χ2v) is 5.38. The Bertz CT molecular complexity index is 162. The van der Waals surface area contributed by atoms with E-state index in [0.717, 1.165) is 13.3 Å². The highest BCUT2D eigenvalue weighted by atomic mass is 15.2. The molecule has 0 spiro atoms. The van der Waals surface area contributed by atoms with Gasteiger partial charge < -0.3 is 0 Å². The van der Waals surface area contributed by atoms with Gasteiger partial charge in [-0.15, -0.1) is 0 Å². The van der Waals surface area contributed by atoms with Crippen LogP contribution in [-0.4, -0.2) is 63.4 Å². The van der Waals surface area contributed by atoms with E-state index in [2.05, 4.69) is 48.6 Å². The monoisotopic (exact) mass is 228 g/mol. The Kier molecular flexibility index (Phi) is 6.28. The lowest BCUT2D eigenvalue weighted by molar-refractivity contribution is 0.225. The maximum atomic E-state index is 3.64. The van der Waals surface area contributed by atoms with Crippen molar-refractivity contribution >= 4 is 0 Å². The van der Waals surface area contributed by atoms with Crippen LogP contribution in [0.3, 0.4) is 0 Å². The molecule has 0 radical (unpaired) electrons. The summed E-state index contributed by atoms with van der Waals surface area (Å²) in [6.45, 7) is 1.95. The Hall–Kier alpha value is -0.160. The van der Waals surface area contributed by atoms with E-state index in [-0.39, 0.29) is 0 Å². The molecule has 0 saturated heterocycles.